The molecule has 126 valence electrons. The summed E-state index contributed by atoms with van der Waals surface area (Å²) in [5.74, 6) is 0.0436. The van der Waals surface area contributed by atoms with Crippen LogP contribution in [0.1, 0.15) is 58.8 Å². The molecule has 2 aliphatic rings. The van der Waals surface area contributed by atoms with Gasteiger partial charge in [0.2, 0.25) is 11.8 Å². The molecular weight excluding hydrogens is 278 g/mol. The number of hydrogen-bond acceptors (Lipinski definition) is 3. The predicted octanol–water partition coefficient (Wildman–Crippen LogP) is 1.75. The predicted molar refractivity (Wildman–Crippen MR) is 87.2 cm³/mol. The van der Waals surface area contributed by atoms with Crippen LogP contribution < -0.4 is 5.73 Å². The van der Waals surface area contributed by atoms with Crippen molar-refractivity contribution in [2.75, 3.05) is 19.6 Å². The molecule has 1 saturated heterocycles. The molecule has 0 spiro atoms. The van der Waals surface area contributed by atoms with E-state index in [-0.39, 0.29) is 23.8 Å². The van der Waals surface area contributed by atoms with Crippen LogP contribution in [0.2, 0.25) is 0 Å². The first-order valence-corrected chi connectivity index (χ1v) is 8.88. The minimum atomic E-state index is -0.198. The number of likely N-dealkylation sites (tertiary alicyclic amines) is 1. The van der Waals surface area contributed by atoms with E-state index in [0.29, 0.717) is 6.04 Å². The van der Waals surface area contributed by atoms with Crippen LogP contribution in [0.5, 0.6) is 0 Å². The summed E-state index contributed by atoms with van der Waals surface area (Å²) in [5.41, 5.74) is 5.38. The van der Waals surface area contributed by atoms with Gasteiger partial charge in [0.1, 0.15) is 0 Å². The Balaban J connectivity index is 1.91. The molecule has 0 aromatic carbocycles. The minimum Gasteiger partial charge on any atom is -0.369 e. The van der Waals surface area contributed by atoms with Crippen molar-refractivity contribution in [3.63, 3.8) is 0 Å². The molecule has 1 saturated carbocycles. The summed E-state index contributed by atoms with van der Waals surface area (Å²) < 4.78 is 0. The van der Waals surface area contributed by atoms with Gasteiger partial charge >= 0.3 is 0 Å². The van der Waals surface area contributed by atoms with Crippen LogP contribution in [0.3, 0.4) is 0 Å². The third-order valence-electron chi connectivity index (χ3n) is 5.48. The van der Waals surface area contributed by atoms with E-state index in [2.05, 4.69) is 16.7 Å². The maximum Gasteiger partial charge on any atom is 0.239 e. The van der Waals surface area contributed by atoms with Crippen molar-refractivity contribution in [3.05, 3.63) is 0 Å². The van der Waals surface area contributed by atoms with E-state index in [1.54, 1.807) is 0 Å². The highest BCUT2D eigenvalue weighted by Gasteiger charge is 2.33. The molecule has 2 rings (SSSR count). The average Bonchev–Trinajstić information content (AvgIpc) is 2.56. The first-order chi connectivity index (χ1) is 10.5. The molecule has 0 aromatic rings. The Hall–Kier alpha value is -1.10. The number of rotatable bonds is 5. The van der Waals surface area contributed by atoms with Gasteiger partial charge in [-0.1, -0.05) is 19.3 Å². The van der Waals surface area contributed by atoms with Crippen molar-refractivity contribution in [3.8, 4) is 0 Å². The molecule has 2 amide bonds. The molecule has 5 heteroatoms. The van der Waals surface area contributed by atoms with E-state index < -0.39 is 0 Å². The lowest BCUT2D eigenvalue weighted by Gasteiger charge is -2.40. The second kappa shape index (κ2) is 7.95. The van der Waals surface area contributed by atoms with Crippen LogP contribution in [0.4, 0.5) is 0 Å². The molecule has 1 aliphatic heterocycles. The Morgan fingerprint density at radius 3 is 2.23 bits per heavy atom. The number of likely N-dealkylation sites (N-methyl/N-ethyl adjacent to an activating group) is 1. The number of amides is 2. The molecule has 0 radical (unpaired) electrons. The van der Waals surface area contributed by atoms with Gasteiger partial charge in [0.15, 0.2) is 0 Å². The van der Waals surface area contributed by atoms with Gasteiger partial charge in [-0.05, 0) is 52.6 Å². The number of primary amides is 1. The van der Waals surface area contributed by atoms with Gasteiger partial charge < -0.3 is 10.6 Å². The van der Waals surface area contributed by atoms with Gasteiger partial charge in [-0.25, -0.2) is 0 Å². The van der Waals surface area contributed by atoms with Crippen LogP contribution in [-0.2, 0) is 9.59 Å². The van der Waals surface area contributed by atoms with Crippen LogP contribution >= 0.6 is 0 Å². The first-order valence-electron chi connectivity index (χ1n) is 8.88. The van der Waals surface area contributed by atoms with Crippen molar-refractivity contribution in [1.82, 2.24) is 9.80 Å². The van der Waals surface area contributed by atoms with E-state index in [1.165, 1.54) is 19.3 Å². The summed E-state index contributed by atoms with van der Waals surface area (Å²) in [5, 5.41) is 0. The van der Waals surface area contributed by atoms with Crippen LogP contribution in [0, 0.1) is 5.92 Å². The summed E-state index contributed by atoms with van der Waals surface area (Å²) in [6.45, 7) is 6.48. The molecule has 1 aliphatic carbocycles. The van der Waals surface area contributed by atoms with Crippen molar-refractivity contribution >= 4 is 11.8 Å². The number of nitrogens with two attached hydrogens (primary N) is 1. The lowest BCUT2D eigenvalue weighted by atomic mass is 9.93. The van der Waals surface area contributed by atoms with E-state index in [1.807, 2.05) is 6.92 Å². The monoisotopic (exact) mass is 309 g/mol. The van der Waals surface area contributed by atoms with Gasteiger partial charge in [0.05, 0.1) is 6.04 Å². The molecule has 1 atom stereocenters. The fourth-order valence-corrected chi connectivity index (χ4v) is 3.95. The molecule has 0 bridgehead atoms. The van der Waals surface area contributed by atoms with Crippen LogP contribution in [0.15, 0.2) is 0 Å². The van der Waals surface area contributed by atoms with Gasteiger partial charge in [-0.15, -0.1) is 0 Å². The van der Waals surface area contributed by atoms with Gasteiger partial charge in [0, 0.05) is 18.5 Å². The van der Waals surface area contributed by atoms with Crippen LogP contribution in [-0.4, -0.2) is 53.3 Å². The topological polar surface area (TPSA) is 66.6 Å². The van der Waals surface area contributed by atoms with Crippen molar-refractivity contribution in [2.45, 2.75) is 70.9 Å². The third-order valence-corrected chi connectivity index (χ3v) is 5.48. The average molecular weight is 309 g/mol. The third kappa shape index (κ3) is 4.00. The van der Waals surface area contributed by atoms with Gasteiger partial charge in [-0.3, -0.25) is 14.5 Å². The normalized spacial score (nSPS) is 23.2. The second-order valence-electron chi connectivity index (χ2n) is 6.80. The summed E-state index contributed by atoms with van der Waals surface area (Å²) in [6.07, 6.45) is 7.65. The summed E-state index contributed by atoms with van der Waals surface area (Å²) in [7, 11) is 0. The smallest absolute Gasteiger partial charge is 0.239 e. The van der Waals surface area contributed by atoms with Gasteiger partial charge in [0.25, 0.3) is 0 Å². The van der Waals surface area contributed by atoms with E-state index >= 15 is 0 Å². The zero-order chi connectivity index (χ0) is 16.1. The Morgan fingerprint density at radius 2 is 1.73 bits per heavy atom. The Labute approximate surface area is 134 Å². The molecule has 1 heterocycles. The minimum absolute atomic E-state index is 0.0147. The molecule has 0 unspecified atom stereocenters. The lowest BCUT2D eigenvalue weighted by Crippen LogP contribution is -2.53. The summed E-state index contributed by atoms with van der Waals surface area (Å²) >= 11 is 0. The van der Waals surface area contributed by atoms with E-state index in [4.69, 9.17) is 5.73 Å². The summed E-state index contributed by atoms with van der Waals surface area (Å²) in [6, 6.07) is 0.340. The number of hydrogen-bond donors (Lipinski definition) is 1. The highest BCUT2D eigenvalue weighted by atomic mass is 16.2. The fourth-order valence-electron chi connectivity index (χ4n) is 3.95. The van der Waals surface area contributed by atoms with Crippen molar-refractivity contribution in [1.29, 1.82) is 0 Å². The van der Waals surface area contributed by atoms with Crippen molar-refractivity contribution in [2.24, 2.45) is 11.7 Å². The number of nitrogens with zero attached hydrogens (tertiary/aromatic N) is 2. The number of piperidine rings is 1. The maximum atomic E-state index is 12.9. The molecule has 2 N–H and O–H groups in total. The molecule has 22 heavy (non-hydrogen) atoms. The second-order valence-corrected chi connectivity index (χ2v) is 6.80. The van der Waals surface area contributed by atoms with E-state index in [9.17, 15) is 9.59 Å². The number of carbonyl (C=O) groups is 2. The highest BCUT2D eigenvalue weighted by Crippen LogP contribution is 2.25. The number of carbonyl (C=O) groups excluding carboxylic acids is 2. The molecular formula is C17H31N3O2. The molecule has 0 aromatic heterocycles. The largest absolute Gasteiger partial charge is 0.369 e. The zero-order valence-electron chi connectivity index (χ0n) is 14.1. The Kier molecular flexibility index (Phi) is 6.24. The Bertz CT molecular complexity index is 385. The van der Waals surface area contributed by atoms with Crippen molar-refractivity contribution < 1.29 is 9.59 Å². The summed E-state index contributed by atoms with van der Waals surface area (Å²) in [4.78, 5) is 28.4. The highest BCUT2D eigenvalue weighted by molar-refractivity contribution is 5.82. The first kappa shape index (κ1) is 17.3. The molecule has 5 nitrogen and oxygen atoms in total. The van der Waals surface area contributed by atoms with Crippen LogP contribution in [0.25, 0.3) is 0 Å². The van der Waals surface area contributed by atoms with E-state index in [0.717, 1.165) is 45.3 Å². The SMILES string of the molecule is CCN(C(=O)[C@@H](C)N1CCC(C(N)=O)CC1)C1CCCCC1. The standard InChI is InChI=1S/C17H31N3O2/c1-3-20(15-7-5-4-6-8-15)17(22)13(2)19-11-9-14(10-12-19)16(18)21/h13-15H,3-12H2,1-2H3,(H2,18,21)/t13-/m1/s1. The quantitative estimate of drug-likeness (QED) is 0.841. The Morgan fingerprint density at radius 1 is 1.14 bits per heavy atom. The zero-order valence-corrected chi connectivity index (χ0v) is 14.1. The van der Waals surface area contributed by atoms with Gasteiger partial charge in [-0.2, -0.15) is 0 Å². The fraction of sp³-hybridized carbons (Fsp3) is 0.882. The maximum absolute atomic E-state index is 12.9. The molecule has 2 fully saturated rings. The lowest BCUT2D eigenvalue weighted by molar-refractivity contribution is -0.140.